The van der Waals surface area contributed by atoms with E-state index in [1.165, 1.54) is 0 Å². The molecule has 7 heteroatoms. The summed E-state index contributed by atoms with van der Waals surface area (Å²) in [5.41, 5.74) is 1.62. The minimum Gasteiger partial charge on any atom is -0.428 e. The zero-order valence-corrected chi connectivity index (χ0v) is 11.8. The number of rotatable bonds is 3. The molecule has 0 saturated carbocycles. The number of likely N-dealkylation sites (N-methyl/N-ethyl adjacent to an activating group) is 1. The summed E-state index contributed by atoms with van der Waals surface area (Å²) in [6, 6.07) is 7.47. The number of ether oxygens (including phenoxy) is 2. The van der Waals surface area contributed by atoms with E-state index in [1.807, 2.05) is 29.2 Å². The number of alkyl halides is 1. The molecule has 2 atom stereocenters. The van der Waals surface area contributed by atoms with Crippen LogP contribution in [0.1, 0.15) is 0 Å². The third-order valence-electron chi connectivity index (χ3n) is 3.66. The maximum absolute atomic E-state index is 13.3. The summed E-state index contributed by atoms with van der Waals surface area (Å²) in [7, 11) is 1.74. The van der Waals surface area contributed by atoms with Crippen molar-refractivity contribution in [2.24, 2.45) is 0 Å². The monoisotopic (exact) mass is 295 g/mol. The molecule has 2 heterocycles. The predicted octanol–water partition coefficient (Wildman–Crippen LogP) is 1.32. The Bertz CT molecular complexity index is 528. The van der Waals surface area contributed by atoms with Gasteiger partial charge < -0.3 is 14.4 Å². The normalized spacial score (nSPS) is 26.1. The van der Waals surface area contributed by atoms with Gasteiger partial charge in [-0.2, -0.15) is 0 Å². The van der Waals surface area contributed by atoms with Gasteiger partial charge >= 0.3 is 6.09 Å². The highest BCUT2D eigenvalue weighted by atomic mass is 19.1. The first-order valence-electron chi connectivity index (χ1n) is 6.93. The molecular weight excluding hydrogens is 277 g/mol. The lowest BCUT2D eigenvalue weighted by Crippen LogP contribution is -2.40. The number of amides is 1. The first-order valence-corrected chi connectivity index (χ1v) is 6.93. The van der Waals surface area contributed by atoms with Crippen molar-refractivity contribution in [2.45, 2.75) is 12.6 Å². The molecule has 0 spiro atoms. The molecule has 21 heavy (non-hydrogen) atoms. The summed E-state index contributed by atoms with van der Waals surface area (Å²) in [6.45, 7) is 1.65. The van der Waals surface area contributed by atoms with Crippen LogP contribution in [0.5, 0.6) is 0 Å². The highest BCUT2D eigenvalue weighted by Crippen LogP contribution is 2.27. The third-order valence-corrected chi connectivity index (χ3v) is 3.66. The highest BCUT2D eigenvalue weighted by molar-refractivity contribution is 5.90. The van der Waals surface area contributed by atoms with Crippen molar-refractivity contribution < 1.29 is 18.7 Å². The molecule has 0 bridgehead atoms. The Hall–Kier alpha value is -1.86. The summed E-state index contributed by atoms with van der Waals surface area (Å²) < 4.78 is 23.4. The molecule has 1 aromatic rings. The second kappa shape index (κ2) is 5.87. The Morgan fingerprint density at radius 2 is 2.14 bits per heavy atom. The van der Waals surface area contributed by atoms with E-state index in [0.717, 1.165) is 11.4 Å². The second-order valence-corrected chi connectivity index (χ2v) is 5.02. The average Bonchev–Trinajstić information content (AvgIpc) is 2.89. The molecule has 0 aliphatic carbocycles. The van der Waals surface area contributed by atoms with Crippen LogP contribution in [-0.2, 0) is 9.47 Å². The van der Waals surface area contributed by atoms with Crippen LogP contribution in [0, 0.1) is 0 Å². The van der Waals surface area contributed by atoms with Gasteiger partial charge in [0.05, 0.1) is 19.7 Å². The number of hydrogen-bond acceptors (Lipinski definition) is 5. The van der Waals surface area contributed by atoms with Gasteiger partial charge in [-0.3, -0.25) is 10.2 Å². The maximum Gasteiger partial charge on any atom is 0.416 e. The van der Waals surface area contributed by atoms with Crippen LogP contribution in [-0.4, -0.2) is 52.0 Å². The summed E-state index contributed by atoms with van der Waals surface area (Å²) in [4.78, 5) is 15.3. The molecule has 1 N–H and O–H groups in total. The fourth-order valence-corrected chi connectivity index (χ4v) is 2.52. The number of benzene rings is 1. The smallest absolute Gasteiger partial charge is 0.416 e. The van der Waals surface area contributed by atoms with E-state index in [9.17, 15) is 9.18 Å². The van der Waals surface area contributed by atoms with Gasteiger partial charge in [-0.1, -0.05) is 6.07 Å². The Balaban J connectivity index is 1.78. The average molecular weight is 295 g/mol. The zero-order chi connectivity index (χ0) is 14.8. The third kappa shape index (κ3) is 2.93. The number of anilines is 2. The summed E-state index contributed by atoms with van der Waals surface area (Å²) in [5, 5.41) is 2.92. The number of hydrogen-bond donors (Lipinski definition) is 1. The first-order chi connectivity index (χ1) is 10.2. The summed E-state index contributed by atoms with van der Waals surface area (Å²) in [6.07, 6.45) is -1.95. The van der Waals surface area contributed by atoms with Crippen molar-refractivity contribution in [3.8, 4) is 0 Å². The maximum atomic E-state index is 13.3. The van der Waals surface area contributed by atoms with Gasteiger partial charge in [0, 0.05) is 17.9 Å². The van der Waals surface area contributed by atoms with E-state index in [0.29, 0.717) is 19.7 Å². The van der Waals surface area contributed by atoms with E-state index in [4.69, 9.17) is 9.47 Å². The Kier molecular flexibility index (Phi) is 3.94. The fraction of sp³-hybridized carbons (Fsp3) is 0.500. The Labute approximate surface area is 122 Å². The topological polar surface area (TPSA) is 54.0 Å². The second-order valence-electron chi connectivity index (χ2n) is 5.02. The van der Waals surface area contributed by atoms with E-state index >= 15 is 0 Å². The zero-order valence-electron chi connectivity index (χ0n) is 11.8. The van der Waals surface area contributed by atoms with E-state index in [2.05, 4.69) is 5.32 Å². The molecule has 114 valence electrons. The van der Waals surface area contributed by atoms with Crippen LogP contribution in [0.2, 0.25) is 0 Å². The van der Waals surface area contributed by atoms with Crippen molar-refractivity contribution in [3.05, 3.63) is 24.3 Å². The van der Waals surface area contributed by atoms with Crippen LogP contribution in [0.15, 0.2) is 24.3 Å². The SMILES string of the molecule is CNC1CN(c2cccc(N3CCOC(F)C3)c2)C(=O)O1. The fourth-order valence-electron chi connectivity index (χ4n) is 2.52. The quantitative estimate of drug-likeness (QED) is 0.911. The molecule has 2 aliphatic rings. The van der Waals surface area contributed by atoms with Crippen LogP contribution < -0.4 is 15.1 Å². The molecular formula is C14H18FN3O3. The Morgan fingerprint density at radius 1 is 1.33 bits per heavy atom. The number of carbonyl (C=O) groups is 1. The van der Waals surface area contributed by atoms with Crippen molar-refractivity contribution in [3.63, 3.8) is 0 Å². The molecule has 2 aliphatic heterocycles. The molecule has 0 aromatic heterocycles. The number of morpholine rings is 1. The van der Waals surface area contributed by atoms with Crippen molar-refractivity contribution >= 4 is 17.5 Å². The van der Waals surface area contributed by atoms with Crippen molar-refractivity contribution in [1.29, 1.82) is 0 Å². The minimum atomic E-state index is -1.27. The lowest BCUT2D eigenvalue weighted by Gasteiger charge is -2.31. The van der Waals surface area contributed by atoms with Crippen molar-refractivity contribution in [1.82, 2.24) is 5.32 Å². The number of carbonyl (C=O) groups excluding carboxylic acids is 1. The predicted molar refractivity (Wildman–Crippen MR) is 76.2 cm³/mol. The number of nitrogens with zero attached hydrogens (tertiary/aromatic N) is 2. The van der Waals surface area contributed by atoms with E-state index < -0.39 is 6.36 Å². The molecule has 2 saturated heterocycles. The number of nitrogens with one attached hydrogen (secondary N) is 1. The first kappa shape index (κ1) is 14.1. The van der Waals surface area contributed by atoms with Crippen LogP contribution >= 0.6 is 0 Å². The van der Waals surface area contributed by atoms with Crippen LogP contribution in [0.25, 0.3) is 0 Å². The molecule has 0 radical (unpaired) electrons. The van der Waals surface area contributed by atoms with Gasteiger partial charge in [-0.05, 0) is 25.2 Å². The standard InChI is InChI=1S/C14H18FN3O3/c1-16-13-9-18(14(19)21-13)11-4-2-3-10(7-11)17-5-6-20-12(15)8-17/h2-4,7,12-13,16H,5-6,8-9H2,1H3. The van der Waals surface area contributed by atoms with Gasteiger partial charge in [0.15, 0.2) is 6.23 Å². The van der Waals surface area contributed by atoms with Crippen LogP contribution in [0.4, 0.5) is 20.6 Å². The van der Waals surface area contributed by atoms with Gasteiger partial charge in [-0.15, -0.1) is 0 Å². The lowest BCUT2D eigenvalue weighted by molar-refractivity contribution is -0.0465. The molecule has 2 fully saturated rings. The molecule has 1 amide bonds. The van der Waals surface area contributed by atoms with Gasteiger partial charge in [0.1, 0.15) is 0 Å². The van der Waals surface area contributed by atoms with Gasteiger partial charge in [-0.25, -0.2) is 9.18 Å². The highest BCUT2D eigenvalue weighted by Gasteiger charge is 2.31. The van der Waals surface area contributed by atoms with Crippen LogP contribution in [0.3, 0.4) is 0 Å². The van der Waals surface area contributed by atoms with E-state index in [-0.39, 0.29) is 18.9 Å². The molecule has 6 nitrogen and oxygen atoms in total. The summed E-state index contributed by atoms with van der Waals surface area (Å²) >= 11 is 0. The molecule has 1 aromatic carbocycles. The minimum absolute atomic E-state index is 0.201. The number of halogens is 1. The van der Waals surface area contributed by atoms with Crippen molar-refractivity contribution in [2.75, 3.05) is 43.1 Å². The molecule has 3 rings (SSSR count). The van der Waals surface area contributed by atoms with Gasteiger partial charge in [0.2, 0.25) is 6.36 Å². The summed E-state index contributed by atoms with van der Waals surface area (Å²) in [5.74, 6) is 0. The Morgan fingerprint density at radius 3 is 2.86 bits per heavy atom. The van der Waals surface area contributed by atoms with Gasteiger partial charge in [0.25, 0.3) is 0 Å². The largest absolute Gasteiger partial charge is 0.428 e. The molecule has 2 unspecified atom stereocenters. The lowest BCUT2D eigenvalue weighted by atomic mass is 10.2. The van der Waals surface area contributed by atoms with E-state index in [1.54, 1.807) is 11.9 Å². The number of cyclic esters (lactones) is 1.